The molecule has 2 N–H and O–H groups in total. The van der Waals surface area contributed by atoms with Gasteiger partial charge in [-0.2, -0.15) is 0 Å². The Morgan fingerprint density at radius 1 is 1.07 bits per heavy atom. The molecule has 0 bridgehead atoms. The van der Waals surface area contributed by atoms with Gasteiger partial charge in [-0.05, 0) is 42.5 Å². The van der Waals surface area contributed by atoms with Crippen LogP contribution in [-0.4, -0.2) is 36.1 Å². The van der Waals surface area contributed by atoms with Gasteiger partial charge in [-0.1, -0.05) is 6.07 Å². The van der Waals surface area contributed by atoms with Gasteiger partial charge in [0.1, 0.15) is 18.1 Å². The van der Waals surface area contributed by atoms with Crippen LogP contribution in [-0.2, 0) is 6.54 Å². The molecule has 0 aliphatic heterocycles. The van der Waals surface area contributed by atoms with Crippen LogP contribution in [0.4, 0.5) is 5.69 Å². The van der Waals surface area contributed by atoms with Gasteiger partial charge in [-0.3, -0.25) is 14.8 Å². The maximum Gasteiger partial charge on any atom is 0.253 e. The summed E-state index contributed by atoms with van der Waals surface area (Å²) in [5.41, 5.74) is 2.04. The Balaban J connectivity index is 1.45. The van der Waals surface area contributed by atoms with Crippen molar-refractivity contribution in [3.8, 4) is 11.5 Å². The zero-order chi connectivity index (χ0) is 19.6. The van der Waals surface area contributed by atoms with Crippen LogP contribution < -0.4 is 20.1 Å². The fourth-order valence-electron chi connectivity index (χ4n) is 2.47. The number of anilines is 1. The predicted octanol–water partition coefficient (Wildman–Crippen LogP) is 2.91. The number of carbonyl (C=O) groups is 1. The molecule has 1 amide bonds. The van der Waals surface area contributed by atoms with Crippen molar-refractivity contribution >= 4 is 11.6 Å². The van der Waals surface area contributed by atoms with E-state index in [1.807, 2.05) is 42.5 Å². The minimum absolute atomic E-state index is 0.198. The van der Waals surface area contributed by atoms with Crippen LogP contribution in [0.3, 0.4) is 0 Å². The van der Waals surface area contributed by atoms with E-state index < -0.39 is 0 Å². The lowest BCUT2D eigenvalue weighted by atomic mass is 10.2. The lowest BCUT2D eigenvalue weighted by Crippen LogP contribution is -2.23. The van der Waals surface area contributed by atoms with Crippen LogP contribution in [0.5, 0.6) is 11.5 Å². The number of carbonyl (C=O) groups excluding carboxylic acids is 1. The van der Waals surface area contributed by atoms with E-state index in [9.17, 15) is 4.79 Å². The highest BCUT2D eigenvalue weighted by Crippen LogP contribution is 2.17. The van der Waals surface area contributed by atoms with Gasteiger partial charge in [0.05, 0.1) is 30.6 Å². The first-order chi connectivity index (χ1) is 13.7. The summed E-state index contributed by atoms with van der Waals surface area (Å²) in [5, 5.41) is 6.04. The number of aromatic nitrogens is 2. The largest absolute Gasteiger partial charge is 0.497 e. The number of benzene rings is 1. The highest BCUT2D eigenvalue weighted by Gasteiger charge is 2.07. The average Bonchev–Trinajstić information content (AvgIpc) is 2.76. The second kappa shape index (κ2) is 9.91. The molecule has 7 nitrogen and oxygen atoms in total. The van der Waals surface area contributed by atoms with Crippen molar-refractivity contribution in [3.63, 3.8) is 0 Å². The monoisotopic (exact) mass is 378 g/mol. The molecule has 2 heterocycles. The Kier molecular flexibility index (Phi) is 6.78. The zero-order valence-corrected chi connectivity index (χ0v) is 15.6. The van der Waals surface area contributed by atoms with Crippen molar-refractivity contribution in [2.75, 3.05) is 25.6 Å². The quantitative estimate of drug-likeness (QED) is 0.557. The van der Waals surface area contributed by atoms with Crippen molar-refractivity contribution < 1.29 is 14.3 Å². The van der Waals surface area contributed by atoms with Gasteiger partial charge in [0.15, 0.2) is 0 Å². The topological polar surface area (TPSA) is 85.4 Å². The highest BCUT2D eigenvalue weighted by molar-refractivity contribution is 5.94. The number of amides is 1. The van der Waals surface area contributed by atoms with Crippen molar-refractivity contribution in [1.29, 1.82) is 0 Å². The molecule has 1 aromatic carbocycles. The van der Waals surface area contributed by atoms with Crippen LogP contribution in [0.25, 0.3) is 0 Å². The number of ether oxygens (including phenoxy) is 2. The lowest BCUT2D eigenvalue weighted by molar-refractivity contribution is 0.0950. The molecule has 0 fully saturated rings. The van der Waals surface area contributed by atoms with Gasteiger partial charge in [-0.15, -0.1) is 0 Å². The summed E-state index contributed by atoms with van der Waals surface area (Å²) in [5.74, 6) is 1.36. The summed E-state index contributed by atoms with van der Waals surface area (Å²) < 4.78 is 10.8. The molecule has 0 saturated heterocycles. The molecule has 3 aromatic rings. The van der Waals surface area contributed by atoms with Crippen LogP contribution in [0.2, 0.25) is 0 Å². The number of nitrogens with one attached hydrogen (secondary N) is 2. The predicted molar refractivity (Wildman–Crippen MR) is 107 cm³/mol. The van der Waals surface area contributed by atoms with E-state index >= 15 is 0 Å². The number of nitrogens with zero attached hydrogens (tertiary/aromatic N) is 2. The molecule has 0 spiro atoms. The fourth-order valence-corrected chi connectivity index (χ4v) is 2.47. The van der Waals surface area contributed by atoms with Crippen LogP contribution in [0.1, 0.15) is 16.1 Å². The van der Waals surface area contributed by atoms with E-state index in [2.05, 4.69) is 20.6 Å². The zero-order valence-electron chi connectivity index (χ0n) is 15.6. The number of hydrogen-bond acceptors (Lipinski definition) is 6. The third kappa shape index (κ3) is 5.70. The van der Waals surface area contributed by atoms with Gasteiger partial charge in [0, 0.05) is 25.1 Å². The minimum Gasteiger partial charge on any atom is -0.497 e. The van der Waals surface area contributed by atoms with Crippen molar-refractivity contribution in [2.24, 2.45) is 0 Å². The second-order valence-corrected chi connectivity index (χ2v) is 5.92. The molecule has 7 heteroatoms. The van der Waals surface area contributed by atoms with E-state index in [-0.39, 0.29) is 5.91 Å². The number of methoxy groups -OCH3 is 1. The Labute approximate surface area is 163 Å². The minimum atomic E-state index is -0.198. The molecule has 2 aromatic heterocycles. The smallest absolute Gasteiger partial charge is 0.253 e. The first kappa shape index (κ1) is 19.2. The second-order valence-electron chi connectivity index (χ2n) is 5.92. The van der Waals surface area contributed by atoms with Gasteiger partial charge in [0.2, 0.25) is 0 Å². The molecule has 0 aliphatic carbocycles. The van der Waals surface area contributed by atoms with Crippen molar-refractivity contribution in [1.82, 2.24) is 15.3 Å². The standard InChI is InChI=1S/C21H22N4O3/c1-27-19-5-7-20(8-6-19)28-11-10-24-18-12-16(13-22-14-18)21(26)25-15-17-4-2-3-9-23-17/h2-9,12-14,24H,10-11,15H2,1H3,(H,25,26). The average molecular weight is 378 g/mol. The van der Waals surface area contributed by atoms with E-state index in [0.717, 1.165) is 22.9 Å². The molecule has 0 saturated carbocycles. The Bertz CT molecular complexity index is 886. The van der Waals surface area contributed by atoms with Gasteiger partial charge < -0.3 is 20.1 Å². The van der Waals surface area contributed by atoms with E-state index in [4.69, 9.17) is 9.47 Å². The number of pyridine rings is 2. The molecule has 0 aliphatic rings. The maximum atomic E-state index is 12.3. The summed E-state index contributed by atoms with van der Waals surface area (Å²) in [7, 11) is 1.63. The normalized spacial score (nSPS) is 10.2. The summed E-state index contributed by atoms with van der Waals surface area (Å²) in [4.78, 5) is 20.6. The Hall–Kier alpha value is -3.61. The highest BCUT2D eigenvalue weighted by atomic mass is 16.5. The van der Waals surface area contributed by atoms with Crippen molar-refractivity contribution in [2.45, 2.75) is 6.54 Å². The molecule has 0 radical (unpaired) electrons. The summed E-state index contributed by atoms with van der Waals surface area (Å²) >= 11 is 0. The van der Waals surface area contributed by atoms with E-state index in [0.29, 0.717) is 25.3 Å². The third-order valence-electron chi connectivity index (χ3n) is 3.92. The summed E-state index contributed by atoms with van der Waals surface area (Å²) in [6, 6.07) is 14.7. The van der Waals surface area contributed by atoms with Crippen molar-refractivity contribution in [3.05, 3.63) is 78.4 Å². The molecule has 3 rings (SSSR count). The number of rotatable bonds is 9. The van der Waals surface area contributed by atoms with Gasteiger partial charge in [0.25, 0.3) is 5.91 Å². The first-order valence-corrected chi connectivity index (χ1v) is 8.88. The van der Waals surface area contributed by atoms with Crippen LogP contribution >= 0.6 is 0 Å². The molecule has 28 heavy (non-hydrogen) atoms. The maximum absolute atomic E-state index is 12.3. The molecule has 0 unspecified atom stereocenters. The van der Waals surface area contributed by atoms with Crippen LogP contribution in [0.15, 0.2) is 67.1 Å². The third-order valence-corrected chi connectivity index (χ3v) is 3.92. The Morgan fingerprint density at radius 2 is 1.89 bits per heavy atom. The molecule has 144 valence electrons. The Morgan fingerprint density at radius 3 is 2.64 bits per heavy atom. The van der Waals surface area contributed by atoms with Gasteiger partial charge in [-0.25, -0.2) is 0 Å². The SMILES string of the molecule is COc1ccc(OCCNc2cncc(C(=O)NCc3ccccn3)c2)cc1. The fraction of sp³-hybridized carbons (Fsp3) is 0.190. The summed E-state index contributed by atoms with van der Waals surface area (Å²) in [6.45, 7) is 1.42. The molecule has 0 atom stereocenters. The summed E-state index contributed by atoms with van der Waals surface area (Å²) in [6.07, 6.45) is 4.90. The van der Waals surface area contributed by atoms with E-state index in [1.54, 1.807) is 25.6 Å². The van der Waals surface area contributed by atoms with E-state index in [1.165, 1.54) is 6.20 Å². The first-order valence-electron chi connectivity index (χ1n) is 8.88. The molecular weight excluding hydrogens is 356 g/mol. The van der Waals surface area contributed by atoms with Gasteiger partial charge >= 0.3 is 0 Å². The van der Waals surface area contributed by atoms with Crippen LogP contribution in [0, 0.1) is 0 Å². The molecular formula is C21H22N4O3. The lowest BCUT2D eigenvalue weighted by Gasteiger charge is -2.10. The number of hydrogen-bond donors (Lipinski definition) is 2.